The molecule has 0 aromatic carbocycles. The zero-order valence-corrected chi connectivity index (χ0v) is 32.5. The highest BCUT2D eigenvalue weighted by atomic mass is 16.4. The van der Waals surface area contributed by atoms with E-state index in [2.05, 4.69) is 26.3 Å². The summed E-state index contributed by atoms with van der Waals surface area (Å²) < 4.78 is 0. The maximum Gasteiger partial charge on any atom is 0.326 e. The fourth-order valence-electron chi connectivity index (χ4n) is 6.67. The SMILES string of the molecule is CC(C)C[C@H](NC(=O)[C@H](CC(C)C)NC(=O)[C@@H]1CCCN1C(=O)[C@@H]1CCCN1C(=O)[C@@H](NC(=O)[C@H](CCCN=C(N)N)NC(=O)[C@@H](N)CO)[C@@H](C)O)C(=O)O. The van der Waals surface area contributed by atoms with Gasteiger partial charge in [0.25, 0.3) is 0 Å². The molecule has 312 valence electrons. The first-order valence-corrected chi connectivity index (χ1v) is 18.9. The number of aliphatic hydroxyl groups excluding tert-OH is 2. The van der Waals surface area contributed by atoms with Crippen molar-refractivity contribution in [2.24, 2.45) is 34.0 Å². The van der Waals surface area contributed by atoms with Gasteiger partial charge in [0.2, 0.25) is 35.4 Å². The van der Waals surface area contributed by atoms with Crippen molar-refractivity contribution in [1.82, 2.24) is 31.1 Å². The third-order valence-corrected chi connectivity index (χ3v) is 9.48. The largest absolute Gasteiger partial charge is 0.480 e. The third-order valence-electron chi connectivity index (χ3n) is 9.48. The highest BCUT2D eigenvalue weighted by Gasteiger charge is 2.45. The molecule has 20 heteroatoms. The Labute approximate surface area is 321 Å². The molecule has 0 radical (unpaired) electrons. The molecule has 2 fully saturated rings. The number of carboxylic acids is 1. The van der Waals surface area contributed by atoms with Crippen LogP contribution in [-0.2, 0) is 33.6 Å². The second kappa shape index (κ2) is 22.1. The van der Waals surface area contributed by atoms with Crippen molar-refractivity contribution < 1.29 is 48.9 Å². The summed E-state index contributed by atoms with van der Waals surface area (Å²) >= 11 is 0. The van der Waals surface area contributed by atoms with Gasteiger partial charge in [0.05, 0.1) is 12.7 Å². The Bertz CT molecular complexity index is 1390. The monoisotopic (exact) mass is 782 g/mol. The first-order valence-electron chi connectivity index (χ1n) is 18.9. The fourth-order valence-corrected chi connectivity index (χ4v) is 6.67. The van der Waals surface area contributed by atoms with Crippen LogP contribution in [0.4, 0.5) is 0 Å². The van der Waals surface area contributed by atoms with Gasteiger partial charge in [-0.2, -0.15) is 0 Å². The first-order chi connectivity index (χ1) is 25.8. The molecule has 2 aliphatic heterocycles. The maximum absolute atomic E-state index is 14.1. The van der Waals surface area contributed by atoms with Gasteiger partial charge in [-0.15, -0.1) is 0 Å². The Morgan fingerprint density at radius 2 is 1.31 bits per heavy atom. The van der Waals surface area contributed by atoms with E-state index in [1.807, 2.05) is 27.7 Å². The van der Waals surface area contributed by atoms with Crippen LogP contribution in [0.2, 0.25) is 0 Å². The van der Waals surface area contributed by atoms with E-state index in [1.54, 1.807) is 0 Å². The number of hydrogen-bond acceptors (Lipinski definition) is 11. The number of aliphatic imine (C=N–C) groups is 1. The molecule has 0 aromatic heterocycles. The zero-order chi connectivity index (χ0) is 41.6. The molecule has 2 saturated heterocycles. The Morgan fingerprint density at radius 3 is 1.85 bits per heavy atom. The summed E-state index contributed by atoms with van der Waals surface area (Å²) in [6.45, 7) is 8.42. The molecule has 2 heterocycles. The van der Waals surface area contributed by atoms with Crippen molar-refractivity contribution in [2.75, 3.05) is 26.2 Å². The number of aliphatic hydroxyl groups is 2. The second-order valence-corrected chi connectivity index (χ2v) is 15.1. The van der Waals surface area contributed by atoms with E-state index in [0.717, 1.165) is 0 Å². The summed E-state index contributed by atoms with van der Waals surface area (Å²) in [6, 6.07) is -8.28. The van der Waals surface area contributed by atoms with Crippen molar-refractivity contribution in [3.63, 3.8) is 0 Å². The van der Waals surface area contributed by atoms with Gasteiger partial charge >= 0.3 is 5.97 Å². The molecule has 13 N–H and O–H groups in total. The van der Waals surface area contributed by atoms with Crippen molar-refractivity contribution in [3.8, 4) is 0 Å². The number of guanidine groups is 1. The van der Waals surface area contributed by atoms with Gasteiger partial charge in [-0.3, -0.25) is 33.8 Å². The van der Waals surface area contributed by atoms with Gasteiger partial charge in [-0.25, -0.2) is 4.79 Å². The molecule has 0 saturated carbocycles. The molecule has 0 aromatic rings. The van der Waals surface area contributed by atoms with Crippen molar-refractivity contribution in [2.45, 2.75) is 134 Å². The number of nitrogens with zero attached hydrogens (tertiary/aromatic N) is 3. The smallest absolute Gasteiger partial charge is 0.326 e. The second-order valence-electron chi connectivity index (χ2n) is 15.1. The van der Waals surface area contributed by atoms with Gasteiger partial charge in [-0.05, 0) is 70.1 Å². The predicted molar refractivity (Wildman–Crippen MR) is 200 cm³/mol. The van der Waals surface area contributed by atoms with Crippen molar-refractivity contribution in [1.29, 1.82) is 0 Å². The van der Waals surface area contributed by atoms with Gasteiger partial charge in [0, 0.05) is 19.6 Å². The number of nitrogens with two attached hydrogens (primary N) is 3. The summed E-state index contributed by atoms with van der Waals surface area (Å²) in [5.41, 5.74) is 16.3. The number of carbonyl (C=O) groups is 7. The van der Waals surface area contributed by atoms with Crippen LogP contribution in [0, 0.1) is 11.8 Å². The molecule has 0 spiro atoms. The van der Waals surface area contributed by atoms with Crippen LogP contribution in [0.3, 0.4) is 0 Å². The topological polar surface area (TPSA) is 325 Å². The quantitative estimate of drug-likeness (QED) is 0.0313. The molecule has 8 atom stereocenters. The Kier molecular flexibility index (Phi) is 18.7. The molecule has 0 aliphatic carbocycles. The van der Waals surface area contributed by atoms with Crippen molar-refractivity contribution in [3.05, 3.63) is 0 Å². The molecule has 2 rings (SSSR count). The van der Waals surface area contributed by atoms with E-state index in [-0.39, 0.29) is 69.5 Å². The molecular weight excluding hydrogens is 720 g/mol. The lowest BCUT2D eigenvalue weighted by Crippen LogP contribution is -2.61. The Balaban J connectivity index is 2.23. The molecule has 20 nitrogen and oxygen atoms in total. The highest BCUT2D eigenvalue weighted by molar-refractivity contribution is 5.97. The number of rotatable bonds is 21. The molecular formula is C35H62N10O10. The van der Waals surface area contributed by atoms with Gasteiger partial charge < -0.3 is 63.6 Å². The summed E-state index contributed by atoms with van der Waals surface area (Å²) in [5.74, 6) is -5.56. The third kappa shape index (κ3) is 14.2. The summed E-state index contributed by atoms with van der Waals surface area (Å²) in [7, 11) is 0. The first kappa shape index (κ1) is 46.6. The Hall–Kier alpha value is -4.56. The highest BCUT2D eigenvalue weighted by Crippen LogP contribution is 2.26. The molecule has 0 unspecified atom stereocenters. The van der Waals surface area contributed by atoms with Crippen LogP contribution < -0.4 is 38.5 Å². The number of aliphatic carboxylic acids is 1. The van der Waals surface area contributed by atoms with Crippen LogP contribution in [0.15, 0.2) is 4.99 Å². The lowest BCUT2D eigenvalue weighted by molar-refractivity contribution is -0.149. The number of hydrogen-bond donors (Lipinski definition) is 10. The number of carbonyl (C=O) groups excluding carboxylic acids is 6. The minimum Gasteiger partial charge on any atom is -0.480 e. The van der Waals surface area contributed by atoms with Crippen molar-refractivity contribution >= 4 is 47.4 Å². The number of amides is 6. The average Bonchev–Trinajstić information content (AvgIpc) is 3.80. The summed E-state index contributed by atoms with van der Waals surface area (Å²) in [4.78, 5) is 99.2. The summed E-state index contributed by atoms with van der Waals surface area (Å²) in [5, 5.41) is 39.8. The minimum atomic E-state index is -1.53. The molecule has 55 heavy (non-hydrogen) atoms. The van der Waals surface area contributed by atoms with E-state index >= 15 is 0 Å². The lowest BCUT2D eigenvalue weighted by atomic mass is 10.00. The number of nitrogens with one attached hydrogen (secondary N) is 4. The van der Waals surface area contributed by atoms with E-state index in [9.17, 15) is 48.9 Å². The Morgan fingerprint density at radius 1 is 0.764 bits per heavy atom. The van der Waals surface area contributed by atoms with Gasteiger partial charge in [0.15, 0.2) is 5.96 Å². The normalized spacial score (nSPS) is 20.2. The maximum atomic E-state index is 14.1. The van der Waals surface area contributed by atoms with E-state index in [0.29, 0.717) is 19.3 Å². The summed E-state index contributed by atoms with van der Waals surface area (Å²) in [6.07, 6.45) is 0.674. The predicted octanol–water partition coefficient (Wildman–Crippen LogP) is -3.16. The van der Waals surface area contributed by atoms with Crippen LogP contribution in [0.25, 0.3) is 0 Å². The van der Waals surface area contributed by atoms with Crippen LogP contribution in [-0.4, -0.2) is 147 Å². The zero-order valence-electron chi connectivity index (χ0n) is 32.5. The van der Waals surface area contributed by atoms with Crippen LogP contribution in [0.1, 0.15) is 86.0 Å². The average molecular weight is 783 g/mol. The lowest BCUT2D eigenvalue weighted by Gasteiger charge is -2.34. The van der Waals surface area contributed by atoms with Gasteiger partial charge in [-0.1, -0.05) is 27.7 Å². The minimum absolute atomic E-state index is 0.00817. The number of carboxylic acid groups (broad SMARTS) is 1. The standard InChI is InChI=1S/C35H62N10O10/c1-18(2)15-23(30(50)42-24(34(54)55)16-19(3)4)41-31(51)25-10-7-13-44(25)32(52)26-11-8-14-45(26)33(53)27(20(5)47)43-29(49)22(9-6-12-39-35(37)38)40-28(48)21(36)17-46/h18-27,46-47H,6-17,36H2,1-5H3,(H,40,48)(H,41,51)(H,42,50)(H,43,49)(H,54,55)(H4,37,38,39)/t20-,21+,22+,23+,24+,25+,26+,27+/m1/s1. The number of likely N-dealkylation sites (tertiary alicyclic amines) is 2. The van der Waals surface area contributed by atoms with E-state index < -0.39 is 96.4 Å². The molecule has 0 bridgehead atoms. The fraction of sp³-hybridized carbons (Fsp3) is 0.771. The van der Waals surface area contributed by atoms with Crippen LogP contribution >= 0.6 is 0 Å². The molecule has 6 amide bonds. The molecule has 2 aliphatic rings. The van der Waals surface area contributed by atoms with E-state index in [1.165, 1.54) is 16.7 Å². The van der Waals surface area contributed by atoms with E-state index in [4.69, 9.17) is 17.2 Å². The van der Waals surface area contributed by atoms with Crippen LogP contribution in [0.5, 0.6) is 0 Å². The van der Waals surface area contributed by atoms with Gasteiger partial charge in [0.1, 0.15) is 42.3 Å².